The Morgan fingerprint density at radius 3 is 1.95 bits per heavy atom. The number of carbonyl (C=O) groups is 4. The molecule has 0 saturated carbocycles. The van der Waals surface area contributed by atoms with Crippen LogP contribution < -0.4 is 5.32 Å². The van der Waals surface area contributed by atoms with E-state index in [2.05, 4.69) is 36.4 Å². The van der Waals surface area contributed by atoms with Crippen LogP contribution in [0.3, 0.4) is 0 Å². The molecule has 16 nitrogen and oxygen atoms in total. The van der Waals surface area contributed by atoms with E-state index in [9.17, 15) is 37.4 Å². The molecule has 0 aliphatic heterocycles. The van der Waals surface area contributed by atoms with E-state index < -0.39 is 58.4 Å². The maximum Gasteiger partial charge on any atom is 0.472 e. The Bertz CT molecular complexity index is 1480. The first kappa shape index (κ1) is 57.6. The van der Waals surface area contributed by atoms with Gasteiger partial charge in [-0.15, -0.1) is 0 Å². The summed E-state index contributed by atoms with van der Waals surface area (Å²) in [5.74, 6) is 1.99. The third-order valence-corrected chi connectivity index (χ3v) is 12.7. The summed E-state index contributed by atoms with van der Waals surface area (Å²) in [5.41, 5.74) is -3.92. The van der Waals surface area contributed by atoms with E-state index in [-0.39, 0.29) is 62.7 Å². The van der Waals surface area contributed by atoms with Crippen LogP contribution in [-0.4, -0.2) is 164 Å². The zero-order valence-corrected chi connectivity index (χ0v) is 41.0. The third kappa shape index (κ3) is 26.6. The second-order valence-electron chi connectivity index (χ2n) is 18.2. The van der Waals surface area contributed by atoms with Crippen molar-refractivity contribution in [2.45, 2.75) is 97.7 Å². The molecule has 0 saturated heterocycles. The predicted octanol–water partition coefficient (Wildman–Crippen LogP) is 4.64. The Morgan fingerprint density at radius 1 is 0.797 bits per heavy atom. The third-order valence-electron chi connectivity index (χ3n) is 9.99. The van der Waals surface area contributed by atoms with Crippen molar-refractivity contribution in [1.82, 2.24) is 5.32 Å². The molecule has 0 heterocycles. The fraction of sp³-hybridized carbons (Fsp3) is 0.872. The van der Waals surface area contributed by atoms with Gasteiger partial charge in [0.2, 0.25) is 5.91 Å². The normalized spacial score (nSPS) is 17.1. The minimum absolute atomic E-state index is 0.0197. The maximum atomic E-state index is 14.0. The number of quaternary nitrogens is 2. The number of nitrogens with one attached hydrogen (secondary N) is 1. The number of phosphoric ester groups is 1. The van der Waals surface area contributed by atoms with E-state index in [0.29, 0.717) is 54.3 Å². The molecule has 0 radical (unpaired) electrons. The second-order valence-corrected chi connectivity index (χ2v) is 22.8. The quantitative estimate of drug-likeness (QED) is 0.0116. The molecular formula is C39H78N3O13PS3+2. The Balaban J connectivity index is 5.80. The van der Waals surface area contributed by atoms with Crippen molar-refractivity contribution in [2.24, 2.45) is 16.2 Å². The number of unbranched alkanes of at least 4 members (excludes halogenated alkanes) is 1. The van der Waals surface area contributed by atoms with Crippen molar-refractivity contribution < 1.29 is 69.6 Å². The summed E-state index contributed by atoms with van der Waals surface area (Å²) in [4.78, 5) is 63.6. The summed E-state index contributed by atoms with van der Waals surface area (Å²) in [5, 5.41) is 3.02. The number of hydrogen-bond donors (Lipinski definition) is 5. The molecule has 20 heteroatoms. The predicted molar refractivity (Wildman–Crippen MR) is 239 cm³/mol. The van der Waals surface area contributed by atoms with E-state index in [1.165, 1.54) is 0 Å². The zero-order chi connectivity index (χ0) is 45.8. The molecule has 0 aliphatic carbocycles. The van der Waals surface area contributed by atoms with E-state index in [1.54, 1.807) is 34.6 Å². The lowest BCUT2D eigenvalue weighted by atomic mass is 9.65. The highest BCUT2D eigenvalue weighted by molar-refractivity contribution is 7.95. The number of thiol groups is 2. The number of esters is 3. The standard InChI is InChI=1S/C39H76N3O13PS3/c1-12-38(4,35(45)52-24-22-42(9,10)20-15-29-59(11,49)50)31-39(5,36(46)51-23-19-40-33(43)17-14-13-16-32(58)18-28-57)30-37(2,3)34(44)53-26-27-55-56(47,48)54-25-21-41(6,7)8/h32H,11-31H2,1-10H3,(H3-2,40,43,47,48,49,50,57,58)/p+2. The Hall–Kier alpha value is -1.41. The van der Waals surface area contributed by atoms with Gasteiger partial charge in [-0.2, -0.15) is 25.3 Å². The highest BCUT2D eigenvalue weighted by Crippen LogP contribution is 2.46. The highest BCUT2D eigenvalue weighted by atomic mass is 32.2. The lowest BCUT2D eigenvalue weighted by Gasteiger charge is -2.39. The van der Waals surface area contributed by atoms with Gasteiger partial charge < -0.3 is 37.9 Å². The van der Waals surface area contributed by atoms with Crippen LogP contribution in [0.15, 0.2) is 0 Å². The molecule has 59 heavy (non-hydrogen) atoms. The van der Waals surface area contributed by atoms with Crippen LogP contribution >= 0.6 is 33.1 Å². The number of nitrogens with zero attached hydrogens (tertiary/aromatic N) is 2. The smallest absolute Gasteiger partial charge is 0.463 e. The van der Waals surface area contributed by atoms with Crippen LogP contribution in [0.4, 0.5) is 0 Å². The van der Waals surface area contributed by atoms with Gasteiger partial charge in [-0.05, 0) is 77.8 Å². The Labute approximate surface area is 366 Å². The van der Waals surface area contributed by atoms with E-state index >= 15 is 0 Å². The van der Waals surface area contributed by atoms with Crippen LogP contribution in [0, 0.1) is 16.2 Å². The second kappa shape index (κ2) is 26.3. The fourth-order valence-electron chi connectivity index (χ4n) is 6.35. The Morgan fingerprint density at radius 2 is 1.37 bits per heavy atom. The topological polar surface area (TPSA) is 201 Å². The summed E-state index contributed by atoms with van der Waals surface area (Å²) in [6.07, 6.45) is 4.24. The first-order chi connectivity index (χ1) is 26.9. The first-order valence-corrected chi connectivity index (χ1v) is 24.8. The maximum absolute atomic E-state index is 14.0. The molecule has 0 bridgehead atoms. The number of likely N-dealkylation sites (N-methyl/N-ethyl adjacent to an activating group) is 2. The summed E-state index contributed by atoms with van der Waals surface area (Å²) in [6, 6.07) is 0. The molecule has 1 amide bonds. The molecule has 5 unspecified atom stereocenters. The van der Waals surface area contributed by atoms with Crippen molar-refractivity contribution in [1.29, 1.82) is 0 Å². The molecule has 348 valence electrons. The molecule has 5 atom stereocenters. The fourth-order valence-corrected chi connectivity index (χ4v) is 8.45. The molecule has 3 N–H and O–H groups in total. The molecule has 0 aromatic carbocycles. The first-order valence-electron chi connectivity index (χ1n) is 20.3. The van der Waals surface area contributed by atoms with Gasteiger partial charge in [-0.25, -0.2) is 8.77 Å². The average Bonchev–Trinajstić information content (AvgIpc) is 3.08. The van der Waals surface area contributed by atoms with Crippen molar-refractivity contribution in [3.8, 4) is 0 Å². The van der Waals surface area contributed by atoms with Crippen LogP contribution in [0.5, 0.6) is 0 Å². The average molecular weight is 924 g/mol. The van der Waals surface area contributed by atoms with Gasteiger partial charge in [0, 0.05) is 23.8 Å². The number of phosphoric acid groups is 1. The van der Waals surface area contributed by atoms with Gasteiger partial charge in [-0.3, -0.25) is 28.2 Å². The van der Waals surface area contributed by atoms with Gasteiger partial charge in [-0.1, -0.05) is 13.3 Å². The molecule has 0 aromatic rings. The summed E-state index contributed by atoms with van der Waals surface area (Å²) >= 11 is 8.75. The molecule has 0 fully saturated rings. The Kier molecular flexibility index (Phi) is 25.6. The number of amides is 1. The molecule has 0 spiro atoms. The summed E-state index contributed by atoms with van der Waals surface area (Å²) in [7, 11) is 2.06. The monoisotopic (exact) mass is 923 g/mol. The minimum atomic E-state index is -4.39. The number of rotatable bonds is 33. The lowest BCUT2D eigenvalue weighted by molar-refractivity contribution is -0.890. The van der Waals surface area contributed by atoms with Crippen molar-refractivity contribution in [3.05, 3.63) is 0 Å². The molecular weight excluding hydrogens is 846 g/mol. The lowest BCUT2D eigenvalue weighted by Crippen LogP contribution is -2.46. The number of carbonyl (C=O) groups excluding carboxylic acids is 4. The minimum Gasteiger partial charge on any atom is -0.463 e. The van der Waals surface area contributed by atoms with Gasteiger partial charge >= 0.3 is 25.7 Å². The van der Waals surface area contributed by atoms with E-state index in [4.69, 9.17) is 23.3 Å². The van der Waals surface area contributed by atoms with Crippen LogP contribution in [0.1, 0.15) is 92.4 Å². The number of ether oxygens (including phenoxy) is 3. The molecule has 0 aromatic heterocycles. The van der Waals surface area contributed by atoms with Crippen molar-refractivity contribution in [2.75, 3.05) is 106 Å². The van der Waals surface area contributed by atoms with Crippen LogP contribution in [0.25, 0.3) is 0 Å². The molecule has 0 rings (SSSR count). The van der Waals surface area contributed by atoms with Gasteiger partial charge in [0.15, 0.2) is 0 Å². The highest BCUT2D eigenvalue weighted by Gasteiger charge is 2.50. The largest absolute Gasteiger partial charge is 0.472 e. The zero-order valence-electron chi connectivity index (χ0n) is 37.5. The molecule has 0 aliphatic rings. The van der Waals surface area contributed by atoms with E-state index in [0.717, 1.165) is 25.0 Å². The van der Waals surface area contributed by atoms with E-state index in [1.807, 2.05) is 35.2 Å². The summed E-state index contributed by atoms with van der Waals surface area (Å²) in [6.45, 7) is 8.95. The van der Waals surface area contributed by atoms with Crippen molar-refractivity contribution in [3.63, 3.8) is 0 Å². The van der Waals surface area contributed by atoms with Crippen LogP contribution in [0.2, 0.25) is 0 Å². The van der Waals surface area contributed by atoms with Crippen LogP contribution in [-0.2, 0) is 56.8 Å². The van der Waals surface area contributed by atoms with Gasteiger partial charge in [0.1, 0.15) is 39.5 Å². The van der Waals surface area contributed by atoms with Crippen molar-refractivity contribution >= 4 is 72.6 Å². The van der Waals surface area contributed by atoms with Gasteiger partial charge in [0.25, 0.3) is 0 Å². The summed E-state index contributed by atoms with van der Waals surface area (Å²) < 4.78 is 61.2. The SMILES string of the molecule is C=S(=O)(O)CCC[N+](C)(C)CCOC(=O)C(C)(CC)CC(C)(CC(C)(C)C(=O)OCCOP(=O)(O)OCC[N+](C)(C)C)C(=O)OCCNC(=O)CCCCC(S)CCS. The number of hydrogen-bond acceptors (Lipinski definition) is 13. The van der Waals surface area contributed by atoms with Gasteiger partial charge in [0.05, 0.1) is 81.0 Å².